The van der Waals surface area contributed by atoms with Crippen molar-refractivity contribution in [2.75, 3.05) is 4.90 Å². The van der Waals surface area contributed by atoms with Crippen LogP contribution in [0.2, 0.25) is 0 Å². The Kier molecular flexibility index (Phi) is 5.19. The van der Waals surface area contributed by atoms with E-state index in [2.05, 4.69) is 158 Å². The minimum absolute atomic E-state index is 0.00787. The SMILES string of the molecule is CC1(C)c2ccccc2-c2cc(N(c3ccc(-c4ccccc4)cc3)c3cccc4ccccc34)ccc21. The Morgan fingerprint density at radius 3 is 1.95 bits per heavy atom. The van der Waals surface area contributed by atoms with Crippen LogP contribution in [0.25, 0.3) is 33.0 Å². The summed E-state index contributed by atoms with van der Waals surface area (Å²) in [5.41, 5.74) is 11.4. The second kappa shape index (κ2) is 8.75. The smallest absolute Gasteiger partial charge is 0.0540 e. The molecular formula is C37H29N. The zero-order valence-corrected chi connectivity index (χ0v) is 21.7. The average Bonchev–Trinajstić information content (AvgIpc) is 3.20. The molecule has 1 aliphatic rings. The molecule has 6 aromatic rings. The van der Waals surface area contributed by atoms with Gasteiger partial charge < -0.3 is 4.90 Å². The van der Waals surface area contributed by atoms with Crippen LogP contribution in [0, 0.1) is 0 Å². The van der Waals surface area contributed by atoms with Gasteiger partial charge in [-0.15, -0.1) is 0 Å². The molecule has 182 valence electrons. The van der Waals surface area contributed by atoms with Gasteiger partial charge in [0.05, 0.1) is 5.69 Å². The van der Waals surface area contributed by atoms with Crippen molar-refractivity contribution in [3.63, 3.8) is 0 Å². The average molecular weight is 488 g/mol. The van der Waals surface area contributed by atoms with Gasteiger partial charge in [0, 0.05) is 22.2 Å². The summed E-state index contributed by atoms with van der Waals surface area (Å²) in [6.45, 7) is 4.67. The molecule has 0 amide bonds. The maximum atomic E-state index is 2.41. The molecule has 0 saturated carbocycles. The molecule has 1 heteroatoms. The van der Waals surface area contributed by atoms with Crippen molar-refractivity contribution in [1.29, 1.82) is 0 Å². The van der Waals surface area contributed by atoms with Gasteiger partial charge in [0.25, 0.3) is 0 Å². The van der Waals surface area contributed by atoms with Crippen LogP contribution < -0.4 is 4.90 Å². The van der Waals surface area contributed by atoms with E-state index in [0.717, 1.165) is 5.69 Å². The van der Waals surface area contributed by atoms with E-state index in [1.165, 1.54) is 55.5 Å². The summed E-state index contributed by atoms with van der Waals surface area (Å²) >= 11 is 0. The minimum atomic E-state index is -0.00787. The topological polar surface area (TPSA) is 3.24 Å². The summed E-state index contributed by atoms with van der Waals surface area (Å²) < 4.78 is 0. The second-order valence-corrected chi connectivity index (χ2v) is 10.6. The lowest BCUT2D eigenvalue weighted by atomic mass is 9.82. The molecular weight excluding hydrogens is 458 g/mol. The first-order valence-electron chi connectivity index (χ1n) is 13.3. The maximum Gasteiger partial charge on any atom is 0.0540 e. The van der Waals surface area contributed by atoms with Crippen molar-refractivity contribution >= 4 is 27.8 Å². The number of fused-ring (bicyclic) bond motifs is 4. The van der Waals surface area contributed by atoms with Crippen molar-refractivity contribution in [2.45, 2.75) is 19.3 Å². The van der Waals surface area contributed by atoms with Crippen LogP contribution in [0.5, 0.6) is 0 Å². The standard InChI is InChI=1S/C37H29N/c1-37(2)34-17-9-8-16-32(34)33-25-30(23-24-35(33)37)38(36-18-10-14-28-13-6-7-15-31(28)36)29-21-19-27(20-22-29)26-11-4-3-5-12-26/h3-25H,1-2H3. The molecule has 38 heavy (non-hydrogen) atoms. The molecule has 1 nitrogen and oxygen atoms in total. The number of anilines is 3. The van der Waals surface area contributed by atoms with Gasteiger partial charge in [-0.1, -0.05) is 123 Å². The van der Waals surface area contributed by atoms with Gasteiger partial charge >= 0.3 is 0 Å². The summed E-state index contributed by atoms with van der Waals surface area (Å²) in [4.78, 5) is 2.41. The molecule has 7 rings (SSSR count). The molecule has 6 aromatic carbocycles. The largest absolute Gasteiger partial charge is 0.310 e. The van der Waals surface area contributed by atoms with Crippen LogP contribution in [-0.2, 0) is 5.41 Å². The molecule has 0 aliphatic heterocycles. The molecule has 0 heterocycles. The number of hydrogen-bond acceptors (Lipinski definition) is 1. The first-order chi connectivity index (χ1) is 18.6. The fraction of sp³-hybridized carbons (Fsp3) is 0.0811. The van der Waals surface area contributed by atoms with Gasteiger partial charge in [-0.05, 0) is 69.1 Å². The Balaban J connectivity index is 1.43. The highest BCUT2D eigenvalue weighted by molar-refractivity contribution is 5.99. The number of hydrogen-bond donors (Lipinski definition) is 0. The highest BCUT2D eigenvalue weighted by Crippen LogP contribution is 2.50. The van der Waals surface area contributed by atoms with Gasteiger partial charge in [-0.2, -0.15) is 0 Å². The Morgan fingerprint density at radius 1 is 0.474 bits per heavy atom. The lowest BCUT2D eigenvalue weighted by Gasteiger charge is -2.28. The molecule has 0 spiro atoms. The summed E-state index contributed by atoms with van der Waals surface area (Å²) in [5.74, 6) is 0. The van der Waals surface area contributed by atoms with Crippen molar-refractivity contribution in [3.8, 4) is 22.3 Å². The van der Waals surface area contributed by atoms with Crippen LogP contribution in [0.4, 0.5) is 17.1 Å². The fourth-order valence-corrected chi connectivity index (χ4v) is 6.11. The monoisotopic (exact) mass is 487 g/mol. The van der Waals surface area contributed by atoms with Crippen LogP contribution in [0.15, 0.2) is 140 Å². The van der Waals surface area contributed by atoms with E-state index in [1.54, 1.807) is 0 Å². The summed E-state index contributed by atoms with van der Waals surface area (Å²) in [5, 5.41) is 2.48. The van der Waals surface area contributed by atoms with E-state index in [1.807, 2.05) is 0 Å². The predicted octanol–water partition coefficient (Wildman–Crippen LogP) is 10.3. The maximum absolute atomic E-state index is 2.41. The first kappa shape index (κ1) is 22.6. The van der Waals surface area contributed by atoms with Gasteiger partial charge in [0.1, 0.15) is 0 Å². The highest BCUT2D eigenvalue weighted by atomic mass is 15.1. The van der Waals surface area contributed by atoms with E-state index >= 15 is 0 Å². The van der Waals surface area contributed by atoms with Crippen molar-refractivity contribution in [1.82, 2.24) is 0 Å². The number of benzene rings is 6. The normalized spacial score (nSPS) is 13.2. The molecule has 1 aliphatic carbocycles. The van der Waals surface area contributed by atoms with Crippen LogP contribution in [0.1, 0.15) is 25.0 Å². The lowest BCUT2D eigenvalue weighted by molar-refractivity contribution is 0.660. The van der Waals surface area contributed by atoms with E-state index in [9.17, 15) is 0 Å². The van der Waals surface area contributed by atoms with Crippen LogP contribution in [-0.4, -0.2) is 0 Å². The summed E-state index contributed by atoms with van der Waals surface area (Å²) in [7, 11) is 0. The van der Waals surface area contributed by atoms with E-state index in [4.69, 9.17) is 0 Å². The zero-order valence-electron chi connectivity index (χ0n) is 21.7. The van der Waals surface area contributed by atoms with Crippen molar-refractivity contribution < 1.29 is 0 Å². The fourth-order valence-electron chi connectivity index (χ4n) is 6.11. The van der Waals surface area contributed by atoms with E-state index < -0.39 is 0 Å². The Bertz CT molecular complexity index is 1770. The van der Waals surface area contributed by atoms with Gasteiger partial charge in [0.2, 0.25) is 0 Å². The Labute approximate surface area is 224 Å². The van der Waals surface area contributed by atoms with E-state index in [0.29, 0.717) is 0 Å². The molecule has 0 fully saturated rings. The quantitative estimate of drug-likeness (QED) is 0.239. The molecule has 0 aromatic heterocycles. The lowest BCUT2D eigenvalue weighted by Crippen LogP contribution is -2.15. The first-order valence-corrected chi connectivity index (χ1v) is 13.3. The third-order valence-electron chi connectivity index (χ3n) is 8.07. The third-order valence-corrected chi connectivity index (χ3v) is 8.07. The molecule has 0 radical (unpaired) electrons. The highest BCUT2D eigenvalue weighted by Gasteiger charge is 2.35. The molecule has 0 bridgehead atoms. The van der Waals surface area contributed by atoms with E-state index in [-0.39, 0.29) is 5.41 Å². The molecule has 0 atom stereocenters. The predicted molar refractivity (Wildman–Crippen MR) is 162 cm³/mol. The number of rotatable bonds is 4. The molecule has 0 unspecified atom stereocenters. The van der Waals surface area contributed by atoms with Gasteiger partial charge in [-0.25, -0.2) is 0 Å². The molecule has 0 saturated heterocycles. The van der Waals surface area contributed by atoms with Gasteiger partial charge in [-0.3, -0.25) is 0 Å². The Hall–Kier alpha value is -4.62. The zero-order chi connectivity index (χ0) is 25.7. The van der Waals surface area contributed by atoms with Crippen molar-refractivity contribution in [3.05, 3.63) is 151 Å². The van der Waals surface area contributed by atoms with Crippen LogP contribution >= 0.6 is 0 Å². The third kappa shape index (κ3) is 3.55. The minimum Gasteiger partial charge on any atom is -0.310 e. The van der Waals surface area contributed by atoms with Crippen molar-refractivity contribution in [2.24, 2.45) is 0 Å². The Morgan fingerprint density at radius 2 is 1.11 bits per heavy atom. The van der Waals surface area contributed by atoms with Gasteiger partial charge in [0.15, 0.2) is 0 Å². The molecule has 0 N–H and O–H groups in total. The van der Waals surface area contributed by atoms with Crippen LogP contribution in [0.3, 0.4) is 0 Å². The second-order valence-electron chi connectivity index (χ2n) is 10.6. The summed E-state index contributed by atoms with van der Waals surface area (Å²) in [6, 6.07) is 50.6. The number of nitrogens with zero attached hydrogens (tertiary/aromatic N) is 1. The summed E-state index contributed by atoms with van der Waals surface area (Å²) in [6.07, 6.45) is 0.